The van der Waals surface area contributed by atoms with E-state index < -0.39 is 21.7 Å². The molecule has 1 amide bonds. The number of sulfone groups is 1. The molecule has 29 heavy (non-hydrogen) atoms. The molecule has 0 aromatic heterocycles. The number of rotatable bonds is 7. The Morgan fingerprint density at radius 2 is 1.83 bits per heavy atom. The fraction of sp³-hybridized carbons (Fsp3) is 0.100. The third-order valence-corrected chi connectivity index (χ3v) is 6.16. The van der Waals surface area contributed by atoms with E-state index in [9.17, 15) is 18.0 Å². The van der Waals surface area contributed by atoms with Crippen LogP contribution < -0.4 is 15.8 Å². The minimum atomic E-state index is -3.81. The van der Waals surface area contributed by atoms with E-state index in [1.54, 1.807) is 31.2 Å². The molecule has 2 rings (SSSR count). The molecule has 7 nitrogen and oxygen atoms in total. The maximum atomic E-state index is 12.4. The van der Waals surface area contributed by atoms with Gasteiger partial charge >= 0.3 is 5.97 Å². The highest BCUT2D eigenvalue weighted by Crippen LogP contribution is 2.22. The second-order valence-corrected chi connectivity index (χ2v) is 8.82. The number of aryl methyl sites for hydroxylation is 1. The molecule has 0 bridgehead atoms. The number of benzene rings is 2. The number of carbonyl (C=O) groups is 2. The number of hydrogen-bond acceptors (Lipinski definition) is 7. The molecule has 9 heteroatoms. The number of nitrogens with two attached hydrogens (primary N) is 1. The van der Waals surface area contributed by atoms with Crippen molar-refractivity contribution in [2.45, 2.75) is 18.7 Å². The molecule has 0 spiro atoms. The lowest BCUT2D eigenvalue weighted by atomic mass is 10.1. The summed E-state index contributed by atoms with van der Waals surface area (Å²) >= 11 is 0.883. The lowest BCUT2D eigenvalue weighted by Crippen LogP contribution is -2.21. The van der Waals surface area contributed by atoms with Gasteiger partial charge in [-0.3, -0.25) is 9.59 Å². The normalized spacial score (nSPS) is 11.6. The van der Waals surface area contributed by atoms with E-state index in [2.05, 4.69) is 11.9 Å². The number of carbonyl (C=O) groups excluding carboxylic acids is 2. The lowest BCUT2D eigenvalue weighted by molar-refractivity contribution is -0.131. The molecule has 0 saturated carbocycles. The van der Waals surface area contributed by atoms with Crippen molar-refractivity contribution in [2.24, 2.45) is 5.73 Å². The zero-order chi connectivity index (χ0) is 21.6. The minimum absolute atomic E-state index is 0.0762. The Morgan fingerprint density at radius 1 is 1.17 bits per heavy atom. The molecule has 0 radical (unpaired) electrons. The number of ether oxygens (including phenoxy) is 1. The van der Waals surface area contributed by atoms with Gasteiger partial charge in [0.25, 0.3) is 5.91 Å². The number of amides is 1. The van der Waals surface area contributed by atoms with Gasteiger partial charge in [0.15, 0.2) is 0 Å². The standard InChI is InChI=1S/C20H20N2O5S2/c1-13-11-16(9-10-18(13)27-15(3)23)20(24)22-14(2)28-12-19(21)29(25,26)17-7-5-4-6-8-17/h4-12H,2,21H2,1,3H3,(H,22,24)/b19-12+. The Bertz CT molecular complexity index is 1080. The highest BCUT2D eigenvalue weighted by atomic mass is 32.2. The molecule has 2 aromatic carbocycles. The zero-order valence-electron chi connectivity index (χ0n) is 15.8. The van der Waals surface area contributed by atoms with Gasteiger partial charge in [-0.1, -0.05) is 36.5 Å². The van der Waals surface area contributed by atoms with Crippen LogP contribution >= 0.6 is 11.8 Å². The first-order valence-corrected chi connectivity index (χ1v) is 10.7. The summed E-state index contributed by atoms with van der Waals surface area (Å²) in [6, 6.07) is 12.4. The van der Waals surface area contributed by atoms with Gasteiger partial charge in [0.05, 0.1) is 9.92 Å². The Balaban J connectivity index is 2.03. The predicted octanol–water partition coefficient (Wildman–Crippen LogP) is 3.09. The van der Waals surface area contributed by atoms with Crippen LogP contribution in [0.2, 0.25) is 0 Å². The lowest BCUT2D eigenvalue weighted by Gasteiger charge is -2.10. The maximum Gasteiger partial charge on any atom is 0.308 e. The first kappa shape index (κ1) is 22.3. The average Bonchev–Trinajstić information content (AvgIpc) is 2.67. The van der Waals surface area contributed by atoms with E-state index in [4.69, 9.17) is 10.5 Å². The molecule has 0 fully saturated rings. The third-order valence-electron chi connectivity index (χ3n) is 3.62. The van der Waals surface area contributed by atoms with Crippen LogP contribution in [0.3, 0.4) is 0 Å². The van der Waals surface area contributed by atoms with Crippen molar-refractivity contribution in [3.05, 3.63) is 81.7 Å². The molecule has 0 unspecified atom stereocenters. The van der Waals surface area contributed by atoms with Crippen molar-refractivity contribution < 1.29 is 22.7 Å². The second kappa shape index (κ2) is 9.44. The van der Waals surface area contributed by atoms with Gasteiger partial charge in [-0.25, -0.2) is 8.42 Å². The van der Waals surface area contributed by atoms with Crippen molar-refractivity contribution >= 4 is 33.5 Å². The third kappa shape index (κ3) is 5.97. The highest BCUT2D eigenvalue weighted by molar-refractivity contribution is 8.06. The van der Waals surface area contributed by atoms with Crippen molar-refractivity contribution in [3.63, 3.8) is 0 Å². The average molecular weight is 433 g/mol. The molecule has 0 atom stereocenters. The van der Waals surface area contributed by atoms with Crippen molar-refractivity contribution in [1.82, 2.24) is 5.32 Å². The monoisotopic (exact) mass is 432 g/mol. The molecule has 152 valence electrons. The van der Waals surface area contributed by atoms with Crippen LogP contribution in [0.4, 0.5) is 0 Å². The van der Waals surface area contributed by atoms with E-state index in [0.717, 1.165) is 11.8 Å². The second-order valence-electron chi connectivity index (χ2n) is 5.91. The first-order chi connectivity index (χ1) is 13.6. The van der Waals surface area contributed by atoms with E-state index in [0.29, 0.717) is 16.9 Å². The van der Waals surface area contributed by atoms with Crippen LogP contribution in [0, 0.1) is 6.92 Å². The van der Waals surface area contributed by atoms with Gasteiger partial charge in [-0.05, 0) is 42.8 Å². The minimum Gasteiger partial charge on any atom is -0.426 e. The van der Waals surface area contributed by atoms with Gasteiger partial charge in [0, 0.05) is 17.9 Å². The maximum absolute atomic E-state index is 12.4. The largest absolute Gasteiger partial charge is 0.426 e. The topological polar surface area (TPSA) is 116 Å². The van der Waals surface area contributed by atoms with Crippen LogP contribution in [0.5, 0.6) is 5.75 Å². The summed E-state index contributed by atoms with van der Waals surface area (Å²) in [4.78, 5) is 23.5. The molecule has 0 saturated heterocycles. The van der Waals surface area contributed by atoms with E-state index >= 15 is 0 Å². The SMILES string of the molecule is C=C(NC(=O)c1ccc(OC(C)=O)c(C)c1)S/C=C(\N)S(=O)(=O)c1ccccc1. The van der Waals surface area contributed by atoms with Crippen molar-refractivity contribution in [3.8, 4) is 5.75 Å². The molecule has 0 aliphatic rings. The molecule has 3 N–H and O–H groups in total. The van der Waals surface area contributed by atoms with Gasteiger partial charge in [0.1, 0.15) is 10.8 Å². The molecular formula is C20H20N2O5S2. The molecule has 0 aliphatic heterocycles. The smallest absolute Gasteiger partial charge is 0.308 e. The number of thioether (sulfide) groups is 1. The Hall–Kier alpha value is -3.04. The molecule has 2 aromatic rings. The summed E-state index contributed by atoms with van der Waals surface area (Å²) in [5.41, 5.74) is 6.65. The molecule has 0 heterocycles. The van der Waals surface area contributed by atoms with E-state index in [-0.39, 0.29) is 15.0 Å². The number of hydrogen-bond donors (Lipinski definition) is 2. The van der Waals surface area contributed by atoms with Gasteiger partial charge in [0.2, 0.25) is 9.84 Å². The van der Waals surface area contributed by atoms with Crippen molar-refractivity contribution in [2.75, 3.05) is 0 Å². The van der Waals surface area contributed by atoms with Gasteiger partial charge < -0.3 is 15.8 Å². The Kier molecular flexibility index (Phi) is 7.24. The summed E-state index contributed by atoms with van der Waals surface area (Å²) in [6.45, 7) is 6.69. The molecular weight excluding hydrogens is 412 g/mol. The molecule has 0 aliphatic carbocycles. The van der Waals surface area contributed by atoms with Gasteiger partial charge in [-0.15, -0.1) is 0 Å². The zero-order valence-corrected chi connectivity index (χ0v) is 17.5. The Morgan fingerprint density at radius 3 is 2.41 bits per heavy atom. The quantitative estimate of drug-likeness (QED) is 0.510. The first-order valence-electron chi connectivity index (χ1n) is 8.33. The summed E-state index contributed by atoms with van der Waals surface area (Å²) in [5, 5.41) is 3.61. The summed E-state index contributed by atoms with van der Waals surface area (Å²) in [5.74, 6) is -0.535. The summed E-state index contributed by atoms with van der Waals surface area (Å²) in [6.07, 6.45) is 0. The predicted molar refractivity (Wildman–Crippen MR) is 113 cm³/mol. The summed E-state index contributed by atoms with van der Waals surface area (Å²) in [7, 11) is -3.81. The fourth-order valence-electron chi connectivity index (χ4n) is 2.22. The van der Waals surface area contributed by atoms with Gasteiger partial charge in [-0.2, -0.15) is 0 Å². The van der Waals surface area contributed by atoms with E-state index in [1.165, 1.54) is 36.6 Å². The van der Waals surface area contributed by atoms with Crippen LogP contribution in [0.1, 0.15) is 22.8 Å². The van der Waals surface area contributed by atoms with Crippen LogP contribution in [-0.4, -0.2) is 20.3 Å². The highest BCUT2D eigenvalue weighted by Gasteiger charge is 2.18. The van der Waals surface area contributed by atoms with Crippen molar-refractivity contribution in [1.29, 1.82) is 0 Å². The number of esters is 1. The van der Waals surface area contributed by atoms with Crippen LogP contribution in [0.25, 0.3) is 0 Å². The van der Waals surface area contributed by atoms with Crippen LogP contribution in [0.15, 0.2) is 75.5 Å². The number of nitrogens with one attached hydrogen (secondary N) is 1. The fourth-order valence-corrected chi connectivity index (χ4v) is 4.07. The van der Waals surface area contributed by atoms with E-state index in [1.807, 2.05) is 0 Å². The Labute approximate surface area is 173 Å². The van der Waals surface area contributed by atoms with Crippen LogP contribution in [-0.2, 0) is 14.6 Å². The summed E-state index contributed by atoms with van der Waals surface area (Å²) < 4.78 is 29.8.